The molecule has 0 aliphatic carbocycles. The Morgan fingerprint density at radius 3 is 2.59 bits per heavy atom. The van der Waals surface area contributed by atoms with Crippen LogP contribution in [0.15, 0.2) is 42.5 Å². The van der Waals surface area contributed by atoms with Gasteiger partial charge in [0, 0.05) is 31.4 Å². The Kier molecular flexibility index (Phi) is 5.28. The maximum atomic E-state index is 12.2. The van der Waals surface area contributed by atoms with Gasteiger partial charge in [-0.1, -0.05) is 29.8 Å². The number of benzene rings is 2. The number of nitrogens with zero attached hydrogens (tertiary/aromatic N) is 1. The van der Waals surface area contributed by atoms with Gasteiger partial charge < -0.3 is 15.0 Å². The molecule has 5 heteroatoms. The highest BCUT2D eigenvalue weighted by molar-refractivity contribution is 6.31. The first-order valence-electron chi connectivity index (χ1n) is 6.90. The zero-order valence-corrected chi connectivity index (χ0v) is 13.6. The molecule has 4 nitrogen and oxygen atoms in total. The summed E-state index contributed by atoms with van der Waals surface area (Å²) in [5.41, 5.74) is 2.36. The molecule has 1 amide bonds. The van der Waals surface area contributed by atoms with Crippen molar-refractivity contribution in [1.82, 2.24) is 4.90 Å². The van der Waals surface area contributed by atoms with E-state index in [4.69, 9.17) is 16.3 Å². The summed E-state index contributed by atoms with van der Waals surface area (Å²) in [4.78, 5) is 13.7. The van der Waals surface area contributed by atoms with E-state index in [-0.39, 0.29) is 5.91 Å². The number of para-hydroxylation sites is 1. The second-order valence-electron chi connectivity index (χ2n) is 5.06. The fourth-order valence-corrected chi connectivity index (χ4v) is 2.29. The third-order valence-electron chi connectivity index (χ3n) is 3.29. The summed E-state index contributed by atoms with van der Waals surface area (Å²) in [7, 11) is 5.07. The normalized spacial score (nSPS) is 10.2. The van der Waals surface area contributed by atoms with Crippen LogP contribution in [-0.2, 0) is 6.54 Å². The van der Waals surface area contributed by atoms with Gasteiger partial charge in [-0.3, -0.25) is 4.79 Å². The largest absolute Gasteiger partial charge is 0.497 e. The van der Waals surface area contributed by atoms with E-state index in [0.29, 0.717) is 17.1 Å². The van der Waals surface area contributed by atoms with Crippen molar-refractivity contribution < 1.29 is 9.53 Å². The standard InChI is InChI=1S/C17H19ClN2O2/c1-20(2)17(21)14-6-4-5-7-16(14)19-11-12-8-9-13(22-3)10-15(12)18/h4-10,19H,11H2,1-3H3. The number of rotatable bonds is 5. The molecule has 0 saturated heterocycles. The molecule has 0 spiro atoms. The fourth-order valence-electron chi connectivity index (χ4n) is 2.05. The van der Waals surface area contributed by atoms with E-state index in [1.54, 1.807) is 38.2 Å². The quantitative estimate of drug-likeness (QED) is 0.914. The zero-order valence-electron chi connectivity index (χ0n) is 12.9. The van der Waals surface area contributed by atoms with Crippen LogP contribution in [0.2, 0.25) is 5.02 Å². The predicted octanol–water partition coefficient (Wildman–Crippen LogP) is 3.66. The minimum atomic E-state index is -0.0380. The maximum absolute atomic E-state index is 12.2. The van der Waals surface area contributed by atoms with Crippen LogP contribution < -0.4 is 10.1 Å². The molecule has 0 atom stereocenters. The molecule has 0 aliphatic rings. The second kappa shape index (κ2) is 7.18. The number of hydrogen-bond acceptors (Lipinski definition) is 3. The number of ether oxygens (including phenoxy) is 1. The van der Waals surface area contributed by atoms with Crippen LogP contribution in [0.1, 0.15) is 15.9 Å². The average molecular weight is 319 g/mol. The van der Waals surface area contributed by atoms with E-state index in [2.05, 4.69) is 5.32 Å². The Bertz CT molecular complexity index is 671. The Hall–Kier alpha value is -2.20. The monoisotopic (exact) mass is 318 g/mol. The van der Waals surface area contributed by atoms with Crippen molar-refractivity contribution in [1.29, 1.82) is 0 Å². The van der Waals surface area contributed by atoms with Crippen molar-refractivity contribution in [3.63, 3.8) is 0 Å². The Labute approximate surface area is 135 Å². The van der Waals surface area contributed by atoms with Gasteiger partial charge in [-0.15, -0.1) is 0 Å². The second-order valence-corrected chi connectivity index (χ2v) is 5.46. The molecule has 2 rings (SSSR count). The molecule has 0 radical (unpaired) electrons. The smallest absolute Gasteiger partial charge is 0.255 e. The molecule has 0 heterocycles. The minimum Gasteiger partial charge on any atom is -0.497 e. The van der Waals surface area contributed by atoms with Gasteiger partial charge >= 0.3 is 0 Å². The summed E-state index contributed by atoms with van der Waals surface area (Å²) < 4.78 is 5.13. The number of amides is 1. The van der Waals surface area contributed by atoms with E-state index in [1.807, 2.05) is 30.3 Å². The Morgan fingerprint density at radius 1 is 1.23 bits per heavy atom. The van der Waals surface area contributed by atoms with Gasteiger partial charge in [0.2, 0.25) is 0 Å². The molecule has 116 valence electrons. The number of hydrogen-bond donors (Lipinski definition) is 1. The molecule has 22 heavy (non-hydrogen) atoms. The molecule has 2 aromatic rings. The number of anilines is 1. The predicted molar refractivity (Wildman–Crippen MR) is 89.8 cm³/mol. The molecule has 2 aromatic carbocycles. The summed E-state index contributed by atoms with van der Waals surface area (Å²) in [5.74, 6) is 0.681. The van der Waals surface area contributed by atoms with Gasteiger partial charge in [0.05, 0.1) is 12.7 Å². The number of carbonyl (C=O) groups excluding carboxylic acids is 1. The number of nitrogens with one attached hydrogen (secondary N) is 1. The first-order chi connectivity index (χ1) is 10.5. The third kappa shape index (κ3) is 3.71. The van der Waals surface area contributed by atoms with Gasteiger partial charge in [0.15, 0.2) is 0 Å². The molecule has 0 aromatic heterocycles. The first-order valence-corrected chi connectivity index (χ1v) is 7.27. The minimum absolute atomic E-state index is 0.0380. The topological polar surface area (TPSA) is 41.6 Å². The Morgan fingerprint density at radius 2 is 1.95 bits per heavy atom. The van der Waals surface area contributed by atoms with Crippen LogP contribution in [0.3, 0.4) is 0 Å². The van der Waals surface area contributed by atoms with Gasteiger partial charge in [-0.25, -0.2) is 0 Å². The van der Waals surface area contributed by atoms with E-state index in [9.17, 15) is 4.79 Å². The molecule has 0 unspecified atom stereocenters. The lowest BCUT2D eigenvalue weighted by Crippen LogP contribution is -2.22. The number of carbonyl (C=O) groups is 1. The van der Waals surface area contributed by atoms with Crippen LogP contribution in [-0.4, -0.2) is 32.0 Å². The molecule has 0 saturated carbocycles. The number of halogens is 1. The van der Waals surface area contributed by atoms with Crippen molar-refractivity contribution in [3.05, 3.63) is 58.6 Å². The van der Waals surface area contributed by atoms with E-state index >= 15 is 0 Å². The van der Waals surface area contributed by atoms with Crippen molar-refractivity contribution in [2.75, 3.05) is 26.5 Å². The molecule has 0 fully saturated rings. The van der Waals surface area contributed by atoms with Crippen LogP contribution in [0, 0.1) is 0 Å². The maximum Gasteiger partial charge on any atom is 0.255 e. The molecular weight excluding hydrogens is 300 g/mol. The fraction of sp³-hybridized carbons (Fsp3) is 0.235. The molecule has 1 N–H and O–H groups in total. The SMILES string of the molecule is COc1ccc(CNc2ccccc2C(=O)N(C)C)c(Cl)c1. The van der Waals surface area contributed by atoms with E-state index in [1.165, 1.54) is 0 Å². The summed E-state index contributed by atoms with van der Waals surface area (Å²) in [6.07, 6.45) is 0. The van der Waals surface area contributed by atoms with Gasteiger partial charge in [-0.05, 0) is 29.8 Å². The summed E-state index contributed by atoms with van der Waals surface area (Å²) in [5, 5.41) is 3.90. The lowest BCUT2D eigenvalue weighted by atomic mass is 10.1. The van der Waals surface area contributed by atoms with Crippen molar-refractivity contribution >= 4 is 23.2 Å². The zero-order chi connectivity index (χ0) is 16.1. The van der Waals surface area contributed by atoms with Gasteiger partial charge in [0.25, 0.3) is 5.91 Å². The summed E-state index contributed by atoms with van der Waals surface area (Å²) in [6.45, 7) is 0.528. The third-order valence-corrected chi connectivity index (χ3v) is 3.65. The van der Waals surface area contributed by atoms with Crippen LogP contribution >= 0.6 is 11.6 Å². The van der Waals surface area contributed by atoms with Gasteiger partial charge in [-0.2, -0.15) is 0 Å². The van der Waals surface area contributed by atoms with Crippen molar-refractivity contribution in [3.8, 4) is 5.75 Å². The summed E-state index contributed by atoms with van der Waals surface area (Å²) in [6, 6.07) is 13.0. The highest BCUT2D eigenvalue weighted by atomic mass is 35.5. The first kappa shape index (κ1) is 16.2. The molecule has 0 aliphatic heterocycles. The Balaban J connectivity index is 2.17. The average Bonchev–Trinajstić information content (AvgIpc) is 2.53. The van der Waals surface area contributed by atoms with Crippen molar-refractivity contribution in [2.45, 2.75) is 6.54 Å². The van der Waals surface area contributed by atoms with Crippen LogP contribution in [0.5, 0.6) is 5.75 Å². The van der Waals surface area contributed by atoms with E-state index < -0.39 is 0 Å². The highest BCUT2D eigenvalue weighted by Gasteiger charge is 2.12. The molecule has 0 bridgehead atoms. The molecular formula is C17H19ClN2O2. The van der Waals surface area contributed by atoms with Gasteiger partial charge in [0.1, 0.15) is 5.75 Å². The van der Waals surface area contributed by atoms with Crippen LogP contribution in [0.4, 0.5) is 5.69 Å². The van der Waals surface area contributed by atoms with Crippen LogP contribution in [0.25, 0.3) is 0 Å². The summed E-state index contributed by atoms with van der Waals surface area (Å²) >= 11 is 6.23. The lowest BCUT2D eigenvalue weighted by molar-refractivity contribution is 0.0828. The lowest BCUT2D eigenvalue weighted by Gasteiger charge is -2.16. The van der Waals surface area contributed by atoms with E-state index in [0.717, 1.165) is 17.0 Å². The highest BCUT2D eigenvalue weighted by Crippen LogP contribution is 2.24. The number of methoxy groups -OCH3 is 1. The van der Waals surface area contributed by atoms with Crippen molar-refractivity contribution in [2.24, 2.45) is 0 Å².